The molecule has 0 bridgehead atoms. The van der Waals surface area contributed by atoms with Gasteiger partial charge in [-0.25, -0.2) is 0 Å². The zero-order chi connectivity index (χ0) is 15.9. The van der Waals surface area contributed by atoms with E-state index in [4.69, 9.17) is 16.3 Å². The second kappa shape index (κ2) is 5.62. The molecule has 0 spiro atoms. The van der Waals surface area contributed by atoms with E-state index in [9.17, 15) is 0 Å². The zero-order valence-electron chi connectivity index (χ0n) is 13.2. The lowest BCUT2D eigenvalue weighted by atomic mass is 10.1. The molecule has 0 fully saturated rings. The molecule has 0 aliphatic carbocycles. The number of halogens is 1. The Morgan fingerprint density at radius 2 is 1.59 bits per heavy atom. The minimum atomic E-state index is 0.791. The molecule has 1 heterocycles. The summed E-state index contributed by atoms with van der Waals surface area (Å²) < 4.78 is 6.15. The molecule has 1 aromatic heterocycles. The van der Waals surface area contributed by atoms with Crippen LogP contribution in [0.1, 0.15) is 22.4 Å². The van der Waals surface area contributed by atoms with Crippen LogP contribution in [-0.2, 0) is 0 Å². The maximum absolute atomic E-state index is 6.23. The lowest BCUT2D eigenvalue weighted by Crippen LogP contribution is -1.92. The fourth-order valence-electron chi connectivity index (χ4n) is 2.61. The minimum Gasteiger partial charge on any atom is -0.457 e. The number of hydrogen-bond acceptors (Lipinski definition) is 2. The van der Waals surface area contributed by atoms with Crippen molar-refractivity contribution in [2.45, 2.75) is 27.7 Å². The summed E-state index contributed by atoms with van der Waals surface area (Å²) in [5.41, 5.74) is 5.11. The maximum atomic E-state index is 6.23. The van der Waals surface area contributed by atoms with Crippen LogP contribution in [0.3, 0.4) is 0 Å². The molecule has 0 amide bonds. The highest BCUT2D eigenvalue weighted by atomic mass is 35.5. The van der Waals surface area contributed by atoms with E-state index in [0.29, 0.717) is 0 Å². The number of aryl methyl sites for hydroxylation is 4. The van der Waals surface area contributed by atoms with Gasteiger partial charge in [-0.3, -0.25) is 4.98 Å². The van der Waals surface area contributed by atoms with Crippen molar-refractivity contribution in [2.24, 2.45) is 0 Å². The summed E-state index contributed by atoms with van der Waals surface area (Å²) in [4.78, 5) is 4.57. The molecular formula is C19H18ClNO. The molecule has 0 radical (unpaired) electrons. The van der Waals surface area contributed by atoms with Crippen molar-refractivity contribution >= 4 is 22.5 Å². The van der Waals surface area contributed by atoms with Crippen molar-refractivity contribution in [3.8, 4) is 11.5 Å². The third-order valence-electron chi connectivity index (χ3n) is 3.69. The Hall–Kier alpha value is -2.06. The monoisotopic (exact) mass is 311 g/mol. The highest BCUT2D eigenvalue weighted by Crippen LogP contribution is 2.33. The summed E-state index contributed by atoms with van der Waals surface area (Å²) in [6.07, 6.45) is 0. The van der Waals surface area contributed by atoms with Gasteiger partial charge in [0.05, 0.1) is 5.52 Å². The third kappa shape index (κ3) is 2.79. The molecule has 2 nitrogen and oxygen atoms in total. The van der Waals surface area contributed by atoms with Crippen molar-refractivity contribution in [1.29, 1.82) is 0 Å². The van der Waals surface area contributed by atoms with Crippen molar-refractivity contribution < 1.29 is 4.74 Å². The fraction of sp³-hybridized carbons (Fsp3) is 0.211. The Balaban J connectivity index is 2.12. The molecule has 3 aromatic rings. The number of aromatic nitrogens is 1. The van der Waals surface area contributed by atoms with E-state index < -0.39 is 0 Å². The normalized spacial score (nSPS) is 11.0. The van der Waals surface area contributed by atoms with Crippen molar-refractivity contribution in [3.63, 3.8) is 0 Å². The number of rotatable bonds is 2. The number of ether oxygens (including phenoxy) is 1. The quantitative estimate of drug-likeness (QED) is 0.586. The molecule has 3 heteroatoms. The van der Waals surface area contributed by atoms with Gasteiger partial charge in [-0.2, -0.15) is 0 Å². The first kappa shape index (κ1) is 14.9. The topological polar surface area (TPSA) is 22.1 Å². The maximum Gasteiger partial charge on any atom is 0.138 e. The number of hydrogen-bond donors (Lipinski definition) is 0. The number of nitrogens with zero attached hydrogens (tertiary/aromatic N) is 1. The van der Waals surface area contributed by atoms with E-state index in [-0.39, 0.29) is 0 Å². The predicted molar refractivity (Wildman–Crippen MR) is 92.2 cm³/mol. The standard InChI is InChI=1S/C19H18ClNO/c1-11-5-6-17-16(7-11)18(10-14(4)21-17)22-15-8-12(2)19(20)13(3)9-15/h5-10H,1-4H3. The zero-order valence-corrected chi connectivity index (χ0v) is 14.0. The van der Waals surface area contributed by atoms with Gasteiger partial charge in [0.1, 0.15) is 11.5 Å². The van der Waals surface area contributed by atoms with Crippen LogP contribution in [-0.4, -0.2) is 4.98 Å². The molecule has 2 aromatic carbocycles. The van der Waals surface area contributed by atoms with Crippen LogP contribution >= 0.6 is 11.6 Å². The molecule has 0 atom stereocenters. The Morgan fingerprint density at radius 3 is 2.27 bits per heavy atom. The molecule has 0 saturated carbocycles. The van der Waals surface area contributed by atoms with Crippen LogP contribution in [0.15, 0.2) is 36.4 Å². The Kier molecular flexibility index (Phi) is 3.79. The summed E-state index contributed by atoms with van der Waals surface area (Å²) in [6.45, 7) is 8.02. The Morgan fingerprint density at radius 1 is 0.909 bits per heavy atom. The van der Waals surface area contributed by atoms with Crippen LogP contribution in [0.25, 0.3) is 10.9 Å². The average Bonchev–Trinajstić information content (AvgIpc) is 2.45. The summed E-state index contributed by atoms with van der Waals surface area (Å²) in [5, 5.41) is 1.81. The van der Waals surface area contributed by atoms with Crippen molar-refractivity contribution in [2.75, 3.05) is 0 Å². The van der Waals surface area contributed by atoms with E-state index in [1.54, 1.807) is 0 Å². The van der Waals surface area contributed by atoms with Gasteiger partial charge in [-0.15, -0.1) is 0 Å². The molecular weight excluding hydrogens is 294 g/mol. The van der Waals surface area contributed by atoms with Crippen LogP contribution in [0.4, 0.5) is 0 Å². The molecule has 0 N–H and O–H groups in total. The Bertz CT molecular complexity index is 848. The average molecular weight is 312 g/mol. The number of fused-ring (bicyclic) bond motifs is 1. The van der Waals surface area contributed by atoms with Crippen molar-refractivity contribution in [3.05, 3.63) is 63.8 Å². The molecule has 112 valence electrons. The van der Waals surface area contributed by atoms with E-state index in [0.717, 1.165) is 44.2 Å². The van der Waals surface area contributed by atoms with E-state index in [1.165, 1.54) is 5.56 Å². The smallest absolute Gasteiger partial charge is 0.138 e. The first-order chi connectivity index (χ1) is 10.4. The SMILES string of the molecule is Cc1ccc2nc(C)cc(Oc3cc(C)c(Cl)c(C)c3)c2c1. The third-order valence-corrected chi connectivity index (χ3v) is 4.29. The second-order valence-electron chi connectivity index (χ2n) is 5.76. The summed E-state index contributed by atoms with van der Waals surface area (Å²) in [5.74, 6) is 1.63. The van der Waals surface area contributed by atoms with Gasteiger partial charge in [0.15, 0.2) is 0 Å². The fourth-order valence-corrected chi connectivity index (χ4v) is 2.72. The first-order valence-corrected chi connectivity index (χ1v) is 7.64. The van der Waals surface area contributed by atoms with Gasteiger partial charge in [-0.05, 0) is 63.1 Å². The van der Waals surface area contributed by atoms with Crippen LogP contribution in [0.5, 0.6) is 11.5 Å². The van der Waals surface area contributed by atoms with Crippen LogP contribution < -0.4 is 4.74 Å². The second-order valence-corrected chi connectivity index (χ2v) is 6.13. The molecule has 0 aliphatic rings. The van der Waals surface area contributed by atoms with Crippen LogP contribution in [0.2, 0.25) is 5.02 Å². The highest BCUT2D eigenvalue weighted by Gasteiger charge is 2.09. The largest absolute Gasteiger partial charge is 0.457 e. The van der Waals surface area contributed by atoms with Gasteiger partial charge >= 0.3 is 0 Å². The lowest BCUT2D eigenvalue weighted by Gasteiger charge is -2.12. The Labute approximate surface area is 135 Å². The summed E-state index contributed by atoms with van der Waals surface area (Å²) >= 11 is 6.23. The molecule has 3 rings (SSSR count). The van der Waals surface area contributed by atoms with Gasteiger partial charge in [0, 0.05) is 22.2 Å². The summed E-state index contributed by atoms with van der Waals surface area (Å²) in [7, 11) is 0. The molecule has 22 heavy (non-hydrogen) atoms. The van der Waals surface area contributed by atoms with Gasteiger partial charge in [0.25, 0.3) is 0 Å². The van der Waals surface area contributed by atoms with Crippen LogP contribution in [0, 0.1) is 27.7 Å². The van der Waals surface area contributed by atoms with Crippen molar-refractivity contribution in [1.82, 2.24) is 4.98 Å². The van der Waals surface area contributed by atoms with Gasteiger partial charge < -0.3 is 4.74 Å². The first-order valence-electron chi connectivity index (χ1n) is 7.26. The van der Waals surface area contributed by atoms with E-state index in [1.807, 2.05) is 45.0 Å². The minimum absolute atomic E-state index is 0.791. The van der Waals surface area contributed by atoms with E-state index >= 15 is 0 Å². The highest BCUT2D eigenvalue weighted by molar-refractivity contribution is 6.32. The predicted octanol–water partition coefficient (Wildman–Crippen LogP) is 5.91. The van der Waals surface area contributed by atoms with Gasteiger partial charge in [-0.1, -0.05) is 23.2 Å². The number of benzene rings is 2. The molecule has 0 unspecified atom stereocenters. The summed E-state index contributed by atoms with van der Waals surface area (Å²) in [6, 6.07) is 12.1. The number of pyridine rings is 1. The lowest BCUT2D eigenvalue weighted by molar-refractivity contribution is 0.486. The van der Waals surface area contributed by atoms with E-state index in [2.05, 4.69) is 24.0 Å². The molecule has 0 aliphatic heterocycles. The van der Waals surface area contributed by atoms with Gasteiger partial charge in [0.2, 0.25) is 0 Å². The molecule has 0 saturated heterocycles.